The maximum absolute atomic E-state index is 11.8. The number of benzene rings is 1. The van der Waals surface area contributed by atoms with Gasteiger partial charge in [0.25, 0.3) is 0 Å². The number of aryl methyl sites for hydroxylation is 1. The molecule has 0 fully saturated rings. The minimum atomic E-state index is -3.58. The molecule has 0 aliphatic carbocycles. The van der Waals surface area contributed by atoms with Crippen molar-refractivity contribution < 1.29 is 8.42 Å². The molecular formula is C11H14N2O2S. The molecule has 1 aromatic carbocycles. The average molecular weight is 238 g/mol. The zero-order chi connectivity index (χ0) is 12.3. The normalized spacial score (nSPS) is 13.1. The van der Waals surface area contributed by atoms with Gasteiger partial charge >= 0.3 is 0 Å². The van der Waals surface area contributed by atoms with Crippen molar-refractivity contribution in [3.63, 3.8) is 0 Å². The second-order valence-electron chi connectivity index (χ2n) is 3.53. The third kappa shape index (κ3) is 2.75. The molecule has 1 atom stereocenters. The molecule has 4 nitrogen and oxygen atoms in total. The first kappa shape index (κ1) is 12.6. The van der Waals surface area contributed by atoms with E-state index < -0.39 is 16.1 Å². The van der Waals surface area contributed by atoms with E-state index in [1.807, 2.05) is 6.92 Å². The van der Waals surface area contributed by atoms with Crippen LogP contribution in [-0.2, 0) is 10.0 Å². The molecule has 5 heteroatoms. The van der Waals surface area contributed by atoms with Crippen LogP contribution in [0, 0.1) is 19.3 Å². The van der Waals surface area contributed by atoms with Gasteiger partial charge < -0.3 is 5.73 Å². The molecule has 1 rings (SSSR count). The summed E-state index contributed by atoms with van der Waals surface area (Å²) in [5, 5.41) is 0. The highest BCUT2D eigenvalue weighted by atomic mass is 32.2. The lowest BCUT2D eigenvalue weighted by molar-refractivity contribution is 0.577. The molecule has 16 heavy (non-hydrogen) atoms. The topological polar surface area (TPSA) is 72.2 Å². The van der Waals surface area contributed by atoms with Crippen LogP contribution in [0.3, 0.4) is 0 Å². The van der Waals surface area contributed by atoms with Crippen molar-refractivity contribution in [2.45, 2.75) is 24.8 Å². The Kier molecular flexibility index (Phi) is 3.58. The summed E-state index contributed by atoms with van der Waals surface area (Å²) in [6.07, 6.45) is 5.11. The predicted octanol–water partition coefficient (Wildman–Crippen LogP) is 0.877. The van der Waals surface area contributed by atoms with Crippen molar-refractivity contribution in [2.24, 2.45) is 0 Å². The Bertz CT molecular complexity index is 529. The Morgan fingerprint density at radius 3 is 2.62 bits per heavy atom. The molecule has 0 aliphatic heterocycles. The van der Waals surface area contributed by atoms with Gasteiger partial charge in [-0.1, -0.05) is 12.0 Å². The summed E-state index contributed by atoms with van der Waals surface area (Å²) < 4.78 is 26.0. The number of rotatable bonds is 3. The smallest absolute Gasteiger partial charge is 0.241 e. The largest absolute Gasteiger partial charge is 0.398 e. The summed E-state index contributed by atoms with van der Waals surface area (Å²) in [5.41, 5.74) is 6.93. The predicted molar refractivity (Wildman–Crippen MR) is 64.2 cm³/mol. The Labute approximate surface area is 95.9 Å². The first-order chi connectivity index (χ1) is 7.36. The molecule has 1 unspecified atom stereocenters. The average Bonchev–Trinajstić information content (AvgIpc) is 2.21. The molecule has 0 aliphatic rings. The zero-order valence-electron chi connectivity index (χ0n) is 9.19. The van der Waals surface area contributed by atoms with Gasteiger partial charge in [0.1, 0.15) is 0 Å². The van der Waals surface area contributed by atoms with Crippen LogP contribution in [0.4, 0.5) is 5.69 Å². The second-order valence-corrected chi connectivity index (χ2v) is 5.24. The van der Waals surface area contributed by atoms with Crippen molar-refractivity contribution in [1.82, 2.24) is 4.72 Å². The van der Waals surface area contributed by atoms with E-state index in [9.17, 15) is 8.42 Å². The van der Waals surface area contributed by atoms with Crippen LogP contribution in [0.1, 0.15) is 12.5 Å². The van der Waals surface area contributed by atoms with Crippen molar-refractivity contribution in [3.8, 4) is 12.3 Å². The number of hydrogen-bond donors (Lipinski definition) is 2. The summed E-state index contributed by atoms with van der Waals surface area (Å²) >= 11 is 0. The van der Waals surface area contributed by atoms with Gasteiger partial charge in [-0.25, -0.2) is 8.42 Å². The van der Waals surface area contributed by atoms with E-state index in [1.54, 1.807) is 13.0 Å². The van der Waals surface area contributed by atoms with Crippen LogP contribution in [0.25, 0.3) is 0 Å². The zero-order valence-corrected chi connectivity index (χ0v) is 10.0. The maximum Gasteiger partial charge on any atom is 0.241 e. The minimum Gasteiger partial charge on any atom is -0.398 e. The second kappa shape index (κ2) is 4.56. The third-order valence-corrected chi connectivity index (χ3v) is 3.68. The van der Waals surface area contributed by atoms with E-state index >= 15 is 0 Å². The fourth-order valence-corrected chi connectivity index (χ4v) is 2.32. The SMILES string of the molecule is C#CC(C)NS(=O)(=O)c1ccc(C)c(N)c1. The highest BCUT2D eigenvalue weighted by molar-refractivity contribution is 7.89. The number of hydrogen-bond acceptors (Lipinski definition) is 3. The molecule has 86 valence electrons. The lowest BCUT2D eigenvalue weighted by atomic mass is 10.2. The van der Waals surface area contributed by atoms with Gasteiger partial charge in [0.15, 0.2) is 0 Å². The molecule has 0 aromatic heterocycles. The first-order valence-corrected chi connectivity index (χ1v) is 6.19. The highest BCUT2D eigenvalue weighted by Gasteiger charge is 2.16. The fourth-order valence-electron chi connectivity index (χ4n) is 1.12. The van der Waals surface area contributed by atoms with Gasteiger partial charge in [0.05, 0.1) is 10.9 Å². The highest BCUT2D eigenvalue weighted by Crippen LogP contribution is 2.17. The molecule has 0 saturated carbocycles. The summed E-state index contributed by atoms with van der Waals surface area (Å²) in [5.74, 6) is 2.30. The van der Waals surface area contributed by atoms with Gasteiger partial charge in [-0.05, 0) is 31.5 Å². The van der Waals surface area contributed by atoms with E-state index in [2.05, 4.69) is 10.6 Å². The van der Waals surface area contributed by atoms with E-state index in [0.717, 1.165) is 5.56 Å². The Hall–Kier alpha value is -1.51. The monoisotopic (exact) mass is 238 g/mol. The lowest BCUT2D eigenvalue weighted by Gasteiger charge is -2.10. The number of sulfonamides is 1. The Morgan fingerprint density at radius 1 is 1.50 bits per heavy atom. The van der Waals surface area contributed by atoms with Crippen molar-refractivity contribution in [2.75, 3.05) is 5.73 Å². The summed E-state index contributed by atoms with van der Waals surface area (Å²) in [6.45, 7) is 3.40. The van der Waals surface area contributed by atoms with Gasteiger partial charge in [0.2, 0.25) is 10.0 Å². The molecule has 0 radical (unpaired) electrons. The van der Waals surface area contributed by atoms with E-state index in [4.69, 9.17) is 12.2 Å². The number of nitrogen functional groups attached to an aromatic ring is 1. The minimum absolute atomic E-state index is 0.123. The summed E-state index contributed by atoms with van der Waals surface area (Å²) in [4.78, 5) is 0.123. The van der Waals surface area contributed by atoms with Crippen LogP contribution in [-0.4, -0.2) is 14.5 Å². The molecule has 3 N–H and O–H groups in total. The molecule has 0 saturated heterocycles. The molecule has 1 aromatic rings. The first-order valence-electron chi connectivity index (χ1n) is 4.71. The van der Waals surface area contributed by atoms with Crippen molar-refractivity contribution in [1.29, 1.82) is 0 Å². The van der Waals surface area contributed by atoms with Crippen LogP contribution in [0.2, 0.25) is 0 Å². The Morgan fingerprint density at radius 2 is 2.12 bits per heavy atom. The van der Waals surface area contributed by atoms with Gasteiger partial charge in [-0.2, -0.15) is 4.72 Å². The van der Waals surface area contributed by atoms with Gasteiger partial charge in [-0.15, -0.1) is 6.42 Å². The van der Waals surface area contributed by atoms with E-state index in [-0.39, 0.29) is 4.90 Å². The molecular weight excluding hydrogens is 224 g/mol. The molecule has 0 heterocycles. The number of anilines is 1. The third-order valence-electron chi connectivity index (χ3n) is 2.14. The molecule has 0 amide bonds. The lowest BCUT2D eigenvalue weighted by Crippen LogP contribution is -2.31. The quantitative estimate of drug-likeness (QED) is 0.606. The van der Waals surface area contributed by atoms with Crippen molar-refractivity contribution >= 4 is 15.7 Å². The number of nitrogens with two attached hydrogens (primary N) is 1. The van der Waals surface area contributed by atoms with Crippen molar-refractivity contribution in [3.05, 3.63) is 23.8 Å². The Balaban J connectivity index is 3.09. The van der Waals surface area contributed by atoms with Crippen LogP contribution in [0.15, 0.2) is 23.1 Å². The van der Waals surface area contributed by atoms with Crippen LogP contribution >= 0.6 is 0 Å². The van der Waals surface area contributed by atoms with Crippen LogP contribution in [0.5, 0.6) is 0 Å². The number of terminal acetylenes is 1. The molecule has 0 spiro atoms. The van der Waals surface area contributed by atoms with E-state index in [1.165, 1.54) is 12.1 Å². The fraction of sp³-hybridized carbons (Fsp3) is 0.273. The number of nitrogens with one attached hydrogen (secondary N) is 1. The molecule has 0 bridgehead atoms. The van der Waals surface area contributed by atoms with Crippen LogP contribution < -0.4 is 10.5 Å². The summed E-state index contributed by atoms with van der Waals surface area (Å²) in [7, 11) is -3.58. The standard InChI is InChI=1S/C11H14N2O2S/c1-4-9(3)13-16(14,15)10-6-5-8(2)11(12)7-10/h1,5-7,9,13H,12H2,2-3H3. The van der Waals surface area contributed by atoms with Gasteiger partial charge in [-0.3, -0.25) is 0 Å². The maximum atomic E-state index is 11.8. The van der Waals surface area contributed by atoms with Gasteiger partial charge in [0, 0.05) is 5.69 Å². The van der Waals surface area contributed by atoms with E-state index in [0.29, 0.717) is 5.69 Å². The summed E-state index contributed by atoms with van der Waals surface area (Å²) in [6, 6.07) is 4.02.